The molecule has 1 nitrogen and oxygen atoms in total. The van der Waals surface area contributed by atoms with Gasteiger partial charge in [-0.05, 0) is 25.0 Å². The minimum absolute atomic E-state index is 0.338. The second kappa shape index (κ2) is 5.72. The Hall–Kier alpha value is -1.26. The average molecular weight is 214 g/mol. The molecule has 1 aromatic carbocycles. The Kier molecular flexibility index (Phi) is 4.02. The highest BCUT2D eigenvalue weighted by Crippen LogP contribution is 2.25. The molecule has 1 saturated carbocycles. The van der Waals surface area contributed by atoms with E-state index >= 15 is 0 Å². The molecule has 0 bridgehead atoms. The van der Waals surface area contributed by atoms with Crippen molar-refractivity contribution in [2.24, 2.45) is 5.92 Å². The lowest BCUT2D eigenvalue weighted by molar-refractivity contribution is 0.0448. The van der Waals surface area contributed by atoms with Crippen molar-refractivity contribution in [3.05, 3.63) is 35.9 Å². The van der Waals surface area contributed by atoms with Crippen molar-refractivity contribution in [2.75, 3.05) is 7.11 Å². The van der Waals surface area contributed by atoms with Gasteiger partial charge in [0.05, 0.1) is 6.10 Å². The Bertz CT molecular complexity index is 371. The van der Waals surface area contributed by atoms with E-state index in [9.17, 15) is 0 Å². The Morgan fingerprint density at radius 3 is 2.62 bits per heavy atom. The van der Waals surface area contributed by atoms with Crippen LogP contribution in [0.5, 0.6) is 0 Å². The van der Waals surface area contributed by atoms with Gasteiger partial charge in [0.2, 0.25) is 0 Å². The maximum Gasteiger partial charge on any atom is 0.0708 e. The SMILES string of the molecule is COC1CCCCC1C#Cc1ccccc1. The predicted octanol–water partition coefficient (Wildman–Crippen LogP) is 3.24. The first-order chi connectivity index (χ1) is 7.90. The summed E-state index contributed by atoms with van der Waals surface area (Å²) in [4.78, 5) is 0. The standard InChI is InChI=1S/C15H18O/c1-16-15-10-6-5-9-14(15)12-11-13-7-3-2-4-8-13/h2-4,7-8,14-15H,5-6,9-10H2,1H3. The van der Waals surface area contributed by atoms with Gasteiger partial charge in [0.15, 0.2) is 0 Å². The van der Waals surface area contributed by atoms with E-state index in [1.807, 2.05) is 18.2 Å². The summed E-state index contributed by atoms with van der Waals surface area (Å²) in [6, 6.07) is 10.2. The third kappa shape index (κ3) is 2.87. The fourth-order valence-corrected chi connectivity index (χ4v) is 2.24. The minimum atomic E-state index is 0.338. The number of ether oxygens (including phenoxy) is 1. The van der Waals surface area contributed by atoms with E-state index in [1.54, 1.807) is 7.11 Å². The summed E-state index contributed by atoms with van der Waals surface area (Å²) in [6.45, 7) is 0. The Morgan fingerprint density at radius 2 is 1.88 bits per heavy atom. The normalized spacial score (nSPS) is 24.6. The quantitative estimate of drug-likeness (QED) is 0.652. The number of hydrogen-bond acceptors (Lipinski definition) is 1. The Morgan fingerprint density at radius 1 is 1.12 bits per heavy atom. The molecule has 1 heteroatoms. The second-order valence-electron chi connectivity index (χ2n) is 4.30. The van der Waals surface area contributed by atoms with E-state index in [0.29, 0.717) is 12.0 Å². The molecule has 0 N–H and O–H groups in total. The van der Waals surface area contributed by atoms with Crippen LogP contribution < -0.4 is 0 Å². The molecule has 0 saturated heterocycles. The zero-order chi connectivity index (χ0) is 11.2. The molecule has 0 aliphatic heterocycles. The van der Waals surface area contributed by atoms with E-state index in [1.165, 1.54) is 19.3 Å². The van der Waals surface area contributed by atoms with Gasteiger partial charge in [-0.15, -0.1) is 0 Å². The van der Waals surface area contributed by atoms with Gasteiger partial charge in [-0.25, -0.2) is 0 Å². The van der Waals surface area contributed by atoms with Crippen LogP contribution in [0.2, 0.25) is 0 Å². The van der Waals surface area contributed by atoms with Gasteiger partial charge in [-0.3, -0.25) is 0 Å². The highest BCUT2D eigenvalue weighted by molar-refractivity contribution is 5.34. The van der Waals surface area contributed by atoms with Gasteiger partial charge in [-0.1, -0.05) is 42.9 Å². The summed E-state index contributed by atoms with van der Waals surface area (Å²) >= 11 is 0. The summed E-state index contributed by atoms with van der Waals surface area (Å²) in [5.41, 5.74) is 1.10. The maximum atomic E-state index is 5.49. The molecule has 0 amide bonds. The number of hydrogen-bond donors (Lipinski definition) is 0. The van der Waals surface area contributed by atoms with E-state index in [0.717, 1.165) is 12.0 Å². The minimum Gasteiger partial charge on any atom is -0.380 e. The van der Waals surface area contributed by atoms with Crippen LogP contribution in [0.4, 0.5) is 0 Å². The third-order valence-corrected chi connectivity index (χ3v) is 3.18. The first-order valence-electron chi connectivity index (χ1n) is 5.99. The van der Waals surface area contributed by atoms with Crippen molar-refractivity contribution in [1.29, 1.82) is 0 Å². The van der Waals surface area contributed by atoms with Crippen molar-refractivity contribution in [3.8, 4) is 11.8 Å². The molecule has 0 spiro atoms. The average Bonchev–Trinajstić information content (AvgIpc) is 2.38. The van der Waals surface area contributed by atoms with Crippen LogP contribution in [0.3, 0.4) is 0 Å². The topological polar surface area (TPSA) is 9.23 Å². The van der Waals surface area contributed by atoms with Crippen LogP contribution in [0.15, 0.2) is 30.3 Å². The van der Waals surface area contributed by atoms with Gasteiger partial charge in [0, 0.05) is 18.6 Å². The Balaban J connectivity index is 2.05. The van der Waals surface area contributed by atoms with E-state index in [2.05, 4.69) is 24.0 Å². The molecule has 84 valence electrons. The van der Waals surface area contributed by atoms with Gasteiger partial charge in [0.1, 0.15) is 0 Å². The molecule has 1 fully saturated rings. The van der Waals surface area contributed by atoms with Crippen molar-refractivity contribution >= 4 is 0 Å². The van der Waals surface area contributed by atoms with Crippen molar-refractivity contribution in [2.45, 2.75) is 31.8 Å². The molecule has 16 heavy (non-hydrogen) atoms. The fourth-order valence-electron chi connectivity index (χ4n) is 2.24. The van der Waals surface area contributed by atoms with Gasteiger partial charge in [-0.2, -0.15) is 0 Å². The highest BCUT2D eigenvalue weighted by Gasteiger charge is 2.22. The van der Waals surface area contributed by atoms with E-state index < -0.39 is 0 Å². The van der Waals surface area contributed by atoms with Crippen LogP contribution in [-0.4, -0.2) is 13.2 Å². The van der Waals surface area contributed by atoms with Crippen LogP contribution in [0.1, 0.15) is 31.2 Å². The highest BCUT2D eigenvalue weighted by atomic mass is 16.5. The lowest BCUT2D eigenvalue weighted by Crippen LogP contribution is -2.25. The lowest BCUT2D eigenvalue weighted by Gasteiger charge is -2.26. The number of methoxy groups -OCH3 is 1. The molecule has 0 heterocycles. The zero-order valence-electron chi connectivity index (χ0n) is 9.78. The second-order valence-corrected chi connectivity index (χ2v) is 4.30. The van der Waals surface area contributed by atoms with E-state index in [4.69, 9.17) is 4.74 Å². The van der Waals surface area contributed by atoms with Crippen molar-refractivity contribution in [1.82, 2.24) is 0 Å². The summed E-state index contributed by atoms with van der Waals surface area (Å²) in [5, 5.41) is 0. The van der Waals surface area contributed by atoms with Gasteiger partial charge >= 0.3 is 0 Å². The van der Waals surface area contributed by atoms with Crippen LogP contribution >= 0.6 is 0 Å². The fraction of sp³-hybridized carbons (Fsp3) is 0.467. The molecule has 1 aliphatic rings. The maximum absolute atomic E-state index is 5.49. The lowest BCUT2D eigenvalue weighted by atomic mass is 9.87. The molecular weight excluding hydrogens is 196 g/mol. The Labute approximate surface area is 97.8 Å². The molecule has 1 aromatic rings. The first-order valence-corrected chi connectivity index (χ1v) is 5.99. The van der Waals surface area contributed by atoms with Crippen LogP contribution in [0, 0.1) is 17.8 Å². The number of benzene rings is 1. The third-order valence-electron chi connectivity index (χ3n) is 3.18. The molecular formula is C15H18O. The summed E-state index contributed by atoms with van der Waals surface area (Å²) in [6.07, 6.45) is 5.24. The monoisotopic (exact) mass is 214 g/mol. The first kappa shape index (κ1) is 11.2. The smallest absolute Gasteiger partial charge is 0.0708 e. The molecule has 2 unspecified atom stereocenters. The molecule has 2 rings (SSSR count). The molecule has 0 radical (unpaired) electrons. The van der Waals surface area contributed by atoms with Crippen LogP contribution in [0.25, 0.3) is 0 Å². The number of rotatable bonds is 1. The van der Waals surface area contributed by atoms with E-state index in [-0.39, 0.29) is 0 Å². The van der Waals surface area contributed by atoms with Crippen molar-refractivity contribution in [3.63, 3.8) is 0 Å². The summed E-state index contributed by atoms with van der Waals surface area (Å²) in [5.74, 6) is 7.03. The zero-order valence-corrected chi connectivity index (χ0v) is 9.78. The molecule has 2 atom stereocenters. The van der Waals surface area contributed by atoms with Crippen molar-refractivity contribution < 1.29 is 4.74 Å². The van der Waals surface area contributed by atoms with Crippen LogP contribution in [-0.2, 0) is 4.74 Å². The molecule has 1 aliphatic carbocycles. The van der Waals surface area contributed by atoms with Gasteiger partial charge < -0.3 is 4.74 Å². The summed E-state index contributed by atoms with van der Waals surface area (Å²) < 4.78 is 5.49. The summed E-state index contributed by atoms with van der Waals surface area (Å²) in [7, 11) is 1.80. The van der Waals surface area contributed by atoms with Gasteiger partial charge in [0.25, 0.3) is 0 Å². The molecule has 0 aromatic heterocycles. The predicted molar refractivity (Wildman–Crippen MR) is 66.1 cm³/mol. The largest absolute Gasteiger partial charge is 0.380 e.